The maximum atomic E-state index is 13.6. The van der Waals surface area contributed by atoms with Crippen LogP contribution < -0.4 is 5.73 Å². The molecule has 288 valence electrons. The van der Waals surface area contributed by atoms with Crippen molar-refractivity contribution in [1.82, 2.24) is 25.1 Å². The summed E-state index contributed by atoms with van der Waals surface area (Å²) in [6, 6.07) is -0.156. The Morgan fingerprint density at radius 3 is 2.47 bits per heavy atom. The molecule has 4 fully saturated rings. The lowest BCUT2D eigenvalue weighted by molar-refractivity contribution is -0.257. The van der Waals surface area contributed by atoms with Crippen molar-refractivity contribution in [2.75, 3.05) is 39.6 Å². The molecule has 2 bridgehead atoms. The van der Waals surface area contributed by atoms with Gasteiger partial charge in [-0.2, -0.15) is 4.80 Å². The number of tetrazole rings is 1. The van der Waals surface area contributed by atoms with Crippen LogP contribution in [0.4, 0.5) is 5.95 Å². The number of unbranched alkanes of at least 4 members (excludes halogenated alkanes) is 2. The first-order chi connectivity index (χ1) is 23.8. The van der Waals surface area contributed by atoms with E-state index >= 15 is 0 Å². The zero-order valence-corrected chi connectivity index (χ0v) is 33.8. The molecular weight excluding hydrogens is 640 g/mol. The minimum Gasteiger partial charge on any atom is -0.481 e. The number of carboxylic acids is 1. The highest BCUT2D eigenvalue weighted by Gasteiger charge is 2.73. The van der Waals surface area contributed by atoms with Gasteiger partial charge in [0.1, 0.15) is 6.04 Å². The monoisotopic (exact) mass is 711 g/mol. The second-order valence-electron chi connectivity index (χ2n) is 19.7. The van der Waals surface area contributed by atoms with Crippen LogP contribution in [0.2, 0.25) is 0 Å². The number of hydrogen-bond donors (Lipinski definition) is 2. The molecule has 5 aliphatic rings. The molecule has 3 saturated carbocycles. The fourth-order valence-electron chi connectivity index (χ4n) is 12.9. The third-order valence-electron chi connectivity index (χ3n) is 16.7. The summed E-state index contributed by atoms with van der Waals surface area (Å²) in [5, 5.41) is 24.5. The van der Waals surface area contributed by atoms with Crippen LogP contribution in [-0.4, -0.2) is 81.7 Å². The van der Waals surface area contributed by atoms with Gasteiger partial charge in [-0.1, -0.05) is 91.4 Å². The van der Waals surface area contributed by atoms with E-state index in [-0.39, 0.29) is 51.2 Å². The molecule has 1 aromatic rings. The fourth-order valence-corrected chi connectivity index (χ4v) is 12.9. The quantitative estimate of drug-likeness (QED) is 0.166. The number of nitrogens with two attached hydrogens (primary N) is 1. The molecule has 1 aliphatic heterocycles. The van der Waals surface area contributed by atoms with Crippen molar-refractivity contribution in [3.05, 3.63) is 11.6 Å². The topological polar surface area (TPSA) is 129 Å². The maximum Gasteiger partial charge on any atom is 0.307 e. The first kappa shape index (κ1) is 38.7. The number of ether oxygens (including phenoxy) is 2. The van der Waals surface area contributed by atoms with E-state index in [1.165, 1.54) is 18.4 Å². The minimum atomic E-state index is -0.629. The number of nitrogen functional groups attached to an aromatic ring is 1. The number of likely N-dealkylation sites (N-methyl/N-ethyl adjacent to an activating group) is 1. The van der Waals surface area contributed by atoms with Crippen LogP contribution in [0.1, 0.15) is 133 Å². The molecule has 1 unspecified atom stereocenters. The average molecular weight is 711 g/mol. The molecule has 6 rings (SSSR count). The van der Waals surface area contributed by atoms with Crippen molar-refractivity contribution < 1.29 is 19.4 Å². The van der Waals surface area contributed by atoms with Gasteiger partial charge >= 0.3 is 5.97 Å². The summed E-state index contributed by atoms with van der Waals surface area (Å²) in [5.41, 5.74) is 6.08. The van der Waals surface area contributed by atoms with Gasteiger partial charge in [-0.15, -0.1) is 5.10 Å². The first-order valence-corrected chi connectivity index (χ1v) is 20.2. The number of rotatable bonds is 12. The van der Waals surface area contributed by atoms with Crippen LogP contribution in [0.25, 0.3) is 0 Å². The van der Waals surface area contributed by atoms with Crippen molar-refractivity contribution in [3.8, 4) is 0 Å². The molecule has 4 aliphatic carbocycles. The van der Waals surface area contributed by atoms with E-state index in [2.05, 4.69) is 103 Å². The lowest BCUT2D eigenvalue weighted by Gasteiger charge is -2.71. The lowest BCUT2D eigenvalue weighted by atomic mass is 9.34. The van der Waals surface area contributed by atoms with Gasteiger partial charge in [-0.05, 0) is 117 Å². The molecule has 0 amide bonds. The van der Waals surface area contributed by atoms with Crippen LogP contribution in [0.5, 0.6) is 0 Å². The fraction of sp³-hybridized carbons (Fsp3) is 0.902. The molecule has 0 aromatic carbocycles. The Balaban J connectivity index is 1.49. The molecule has 10 nitrogen and oxygen atoms in total. The molecule has 2 heterocycles. The van der Waals surface area contributed by atoms with Gasteiger partial charge in [0.25, 0.3) is 5.95 Å². The van der Waals surface area contributed by atoms with Crippen LogP contribution in [0.15, 0.2) is 11.6 Å². The molecule has 0 radical (unpaired) electrons. The number of carbonyl (C=O) groups is 1. The van der Waals surface area contributed by atoms with Crippen LogP contribution in [-0.2, 0) is 14.3 Å². The number of aliphatic carboxylic acids is 1. The van der Waals surface area contributed by atoms with Crippen molar-refractivity contribution >= 4 is 11.9 Å². The van der Waals surface area contributed by atoms with E-state index in [9.17, 15) is 9.90 Å². The van der Waals surface area contributed by atoms with Crippen molar-refractivity contribution in [2.45, 2.75) is 144 Å². The highest BCUT2D eigenvalue weighted by atomic mass is 16.5. The van der Waals surface area contributed by atoms with Gasteiger partial charge in [0.15, 0.2) is 0 Å². The third-order valence-corrected chi connectivity index (χ3v) is 16.7. The Labute approximate surface area is 308 Å². The normalized spacial score (nSPS) is 42.4. The summed E-state index contributed by atoms with van der Waals surface area (Å²) in [5.74, 6) is 0.441. The zero-order chi connectivity index (χ0) is 37.4. The molecule has 10 heteroatoms. The van der Waals surface area contributed by atoms with E-state index in [1.54, 1.807) is 4.80 Å². The van der Waals surface area contributed by atoms with Gasteiger partial charge in [0.05, 0.1) is 31.8 Å². The third kappa shape index (κ3) is 5.73. The number of allylic oxidation sites excluding steroid dienone is 1. The van der Waals surface area contributed by atoms with Crippen LogP contribution in [0, 0.1) is 56.7 Å². The predicted octanol–water partition coefficient (Wildman–Crippen LogP) is 7.67. The van der Waals surface area contributed by atoms with Gasteiger partial charge in [-0.3, -0.25) is 4.79 Å². The average Bonchev–Trinajstić information content (AvgIpc) is 3.49. The predicted molar refractivity (Wildman–Crippen MR) is 201 cm³/mol. The van der Waals surface area contributed by atoms with Crippen molar-refractivity contribution in [1.29, 1.82) is 0 Å². The number of carboxylic acid groups (broad SMARTS) is 1. The Morgan fingerprint density at radius 1 is 1.14 bits per heavy atom. The molecule has 1 saturated heterocycles. The number of anilines is 1. The van der Waals surface area contributed by atoms with E-state index in [1.807, 2.05) is 0 Å². The summed E-state index contributed by atoms with van der Waals surface area (Å²) in [6.45, 7) is 22.7. The van der Waals surface area contributed by atoms with Gasteiger partial charge < -0.3 is 25.2 Å². The van der Waals surface area contributed by atoms with E-state index in [0.29, 0.717) is 37.6 Å². The maximum absolute atomic E-state index is 13.6. The molecule has 3 N–H and O–H groups in total. The number of fused-ring (bicyclic) bond motifs is 3. The van der Waals surface area contributed by atoms with Crippen LogP contribution in [0.3, 0.4) is 0 Å². The first-order valence-electron chi connectivity index (χ1n) is 20.2. The summed E-state index contributed by atoms with van der Waals surface area (Å²) in [7, 11) is 4.35. The van der Waals surface area contributed by atoms with Crippen LogP contribution >= 0.6 is 0 Å². The largest absolute Gasteiger partial charge is 0.481 e. The van der Waals surface area contributed by atoms with Gasteiger partial charge in [-0.25, -0.2) is 0 Å². The zero-order valence-electron chi connectivity index (χ0n) is 33.8. The number of nitrogens with zero attached hydrogens (tertiary/aromatic N) is 5. The number of aromatic nitrogens is 4. The summed E-state index contributed by atoms with van der Waals surface area (Å²) in [6.07, 6.45) is 12.5. The van der Waals surface area contributed by atoms with Gasteiger partial charge in [0, 0.05) is 11.0 Å². The summed E-state index contributed by atoms with van der Waals surface area (Å²) < 4.78 is 14.2. The smallest absolute Gasteiger partial charge is 0.307 e. The second kappa shape index (κ2) is 13.4. The highest BCUT2D eigenvalue weighted by Crippen LogP contribution is 2.75. The van der Waals surface area contributed by atoms with E-state index in [4.69, 9.17) is 15.2 Å². The van der Waals surface area contributed by atoms with Crippen molar-refractivity contribution in [3.63, 3.8) is 0 Å². The molecular formula is C41H70N6O4. The van der Waals surface area contributed by atoms with Gasteiger partial charge in [0.2, 0.25) is 0 Å². The second-order valence-corrected chi connectivity index (χ2v) is 19.7. The molecule has 1 aromatic heterocycles. The summed E-state index contributed by atoms with van der Waals surface area (Å²) >= 11 is 0. The number of hydrogen-bond acceptors (Lipinski definition) is 8. The Hall–Kier alpha value is -2.04. The Morgan fingerprint density at radius 2 is 1.86 bits per heavy atom. The molecule has 0 spiro atoms. The Kier molecular flexibility index (Phi) is 10.1. The molecule has 12 atom stereocenters. The van der Waals surface area contributed by atoms with E-state index < -0.39 is 17.3 Å². The SMILES string of the molecule is CCCCCC(C)(CO[C@H]1[C@H](n2nnc(N)n2)C[C@]2(C)COC[C@@]13C1=CC[C@@]4(C)[C@H](C(=O)O)[C@@](C)([C@H](C)C(C)C)CC[C@]4(C)[C@H]1CC[C@H]23)N(C)C. The van der Waals surface area contributed by atoms with E-state index in [0.717, 1.165) is 51.4 Å². The minimum absolute atomic E-state index is 0.105. The van der Waals surface area contributed by atoms with Crippen molar-refractivity contribution in [2.24, 2.45) is 56.7 Å². The molecule has 51 heavy (non-hydrogen) atoms. The lowest BCUT2D eigenvalue weighted by Crippen LogP contribution is -2.70. The Bertz CT molecular complexity index is 1480. The highest BCUT2D eigenvalue weighted by molar-refractivity contribution is 5.73. The summed E-state index contributed by atoms with van der Waals surface area (Å²) in [4.78, 5) is 17.7. The standard InChI is InChI=1S/C41H70N6O4/c1-12-13-14-18-37(6,46(10)11)24-51-33-30(47-44-35(42)43-45-47)22-36(5)23-50-25-41(33)29-17-19-40(9)32(34(48)49)38(7,27(4)26(2)3)20-21-39(40,8)28(29)15-16-31(36)41/h17,26-28,30-33H,12-16,18-25H2,1-11H3,(H2,42,44)(H,48,49)/t27-,28+,30-,31-,32-,33+,36-,37?,38-,39-,40+,41+/m1/s1.